The molecule has 0 saturated carbocycles. The second kappa shape index (κ2) is 4.28. The molecule has 0 saturated heterocycles. The summed E-state index contributed by atoms with van der Waals surface area (Å²) in [5.41, 5.74) is 8.85. The Labute approximate surface area is 89.6 Å². The van der Waals surface area contributed by atoms with Gasteiger partial charge in [0, 0.05) is 10.9 Å². The number of aryl methyl sites for hydroxylation is 1. The predicted octanol–water partition coefficient (Wildman–Crippen LogP) is 3.34. The molecule has 0 aromatic carbocycles. The molecule has 1 aromatic rings. The first kappa shape index (κ1) is 9.94. The van der Waals surface area contributed by atoms with Crippen LogP contribution in [0.25, 0.3) is 5.57 Å². The Hall–Kier alpha value is -0.600. The van der Waals surface area contributed by atoms with Crippen molar-refractivity contribution in [1.29, 1.82) is 0 Å². The monoisotopic (exact) mass is 207 g/mol. The van der Waals surface area contributed by atoms with Crippen molar-refractivity contribution in [3.05, 3.63) is 28.0 Å². The molecule has 0 radical (unpaired) electrons. The van der Waals surface area contributed by atoms with Gasteiger partial charge in [-0.1, -0.05) is 12.5 Å². The number of nitrogens with two attached hydrogens (primary N) is 1. The molecule has 14 heavy (non-hydrogen) atoms. The molecule has 1 aliphatic rings. The van der Waals surface area contributed by atoms with Crippen molar-refractivity contribution in [3.8, 4) is 0 Å². The normalized spacial score (nSPS) is 23.0. The summed E-state index contributed by atoms with van der Waals surface area (Å²) in [6.07, 6.45) is 7.16. The third-order valence-corrected chi connectivity index (χ3v) is 3.61. The summed E-state index contributed by atoms with van der Waals surface area (Å²) in [7, 11) is 0. The van der Waals surface area contributed by atoms with Gasteiger partial charge in [0.15, 0.2) is 0 Å². The van der Waals surface area contributed by atoms with E-state index in [0.717, 1.165) is 6.42 Å². The van der Waals surface area contributed by atoms with Crippen molar-refractivity contribution >= 4 is 16.9 Å². The van der Waals surface area contributed by atoms with Crippen molar-refractivity contribution < 1.29 is 0 Å². The third kappa shape index (κ3) is 2.25. The maximum Gasteiger partial charge on any atom is 0.0229 e. The lowest BCUT2D eigenvalue weighted by Gasteiger charge is -2.04. The first-order valence-corrected chi connectivity index (χ1v) is 6.15. The van der Waals surface area contributed by atoms with Gasteiger partial charge in [0.2, 0.25) is 0 Å². The Kier molecular flexibility index (Phi) is 3.04. The molecule has 0 amide bonds. The van der Waals surface area contributed by atoms with E-state index in [-0.39, 0.29) is 6.04 Å². The van der Waals surface area contributed by atoms with Crippen LogP contribution in [0.15, 0.2) is 17.5 Å². The Morgan fingerprint density at radius 3 is 3.00 bits per heavy atom. The molecule has 1 heterocycles. The van der Waals surface area contributed by atoms with Crippen molar-refractivity contribution in [2.75, 3.05) is 0 Å². The molecule has 0 fully saturated rings. The van der Waals surface area contributed by atoms with Gasteiger partial charge in [0.25, 0.3) is 0 Å². The van der Waals surface area contributed by atoms with Crippen LogP contribution in [0.5, 0.6) is 0 Å². The highest BCUT2D eigenvalue weighted by molar-refractivity contribution is 7.10. The topological polar surface area (TPSA) is 26.0 Å². The van der Waals surface area contributed by atoms with Crippen molar-refractivity contribution in [1.82, 2.24) is 0 Å². The predicted molar refractivity (Wildman–Crippen MR) is 63.5 cm³/mol. The molecule has 0 aliphatic heterocycles. The number of allylic oxidation sites excluding steroid dienone is 1. The number of hydrogen-bond donors (Lipinski definition) is 1. The Morgan fingerprint density at radius 1 is 1.43 bits per heavy atom. The Bertz CT molecular complexity index is 338. The van der Waals surface area contributed by atoms with Gasteiger partial charge in [-0.15, -0.1) is 11.3 Å². The van der Waals surface area contributed by atoms with Crippen molar-refractivity contribution in [2.24, 2.45) is 5.73 Å². The Morgan fingerprint density at radius 2 is 2.29 bits per heavy atom. The summed E-state index contributed by atoms with van der Waals surface area (Å²) in [5.74, 6) is 0. The zero-order valence-electron chi connectivity index (χ0n) is 8.62. The van der Waals surface area contributed by atoms with Crippen LogP contribution in [0, 0.1) is 6.92 Å². The van der Waals surface area contributed by atoms with Crippen LogP contribution in [0.3, 0.4) is 0 Å². The maximum atomic E-state index is 6.00. The molecule has 1 unspecified atom stereocenters. The molecule has 1 aromatic heterocycles. The lowest BCUT2D eigenvalue weighted by Crippen LogP contribution is -2.15. The van der Waals surface area contributed by atoms with Crippen LogP contribution in [0.1, 0.15) is 36.1 Å². The van der Waals surface area contributed by atoms with Gasteiger partial charge in [-0.2, -0.15) is 0 Å². The van der Waals surface area contributed by atoms with E-state index in [1.54, 1.807) is 0 Å². The third-order valence-electron chi connectivity index (χ3n) is 2.75. The molecular formula is C12H17NS. The van der Waals surface area contributed by atoms with E-state index in [2.05, 4.69) is 24.4 Å². The second-order valence-electron chi connectivity index (χ2n) is 4.05. The van der Waals surface area contributed by atoms with E-state index in [1.807, 2.05) is 11.3 Å². The summed E-state index contributed by atoms with van der Waals surface area (Å²) in [6, 6.07) is 2.54. The van der Waals surface area contributed by atoms with E-state index in [4.69, 9.17) is 5.73 Å². The largest absolute Gasteiger partial charge is 0.324 e. The number of rotatable bonds is 1. The summed E-state index contributed by atoms with van der Waals surface area (Å²) < 4.78 is 0. The minimum atomic E-state index is 0.271. The first-order chi connectivity index (χ1) is 6.75. The lowest BCUT2D eigenvalue weighted by atomic mass is 10.0. The number of thiophene rings is 1. The molecule has 0 spiro atoms. The Balaban J connectivity index is 2.23. The summed E-state index contributed by atoms with van der Waals surface area (Å²) in [4.78, 5) is 1.39. The van der Waals surface area contributed by atoms with E-state index in [0.29, 0.717) is 0 Å². The molecule has 2 N–H and O–H groups in total. The molecular weight excluding hydrogens is 190 g/mol. The molecule has 76 valence electrons. The van der Waals surface area contributed by atoms with Crippen molar-refractivity contribution in [3.63, 3.8) is 0 Å². The summed E-state index contributed by atoms with van der Waals surface area (Å²) >= 11 is 1.82. The van der Waals surface area contributed by atoms with Gasteiger partial charge in [0.05, 0.1) is 0 Å². The fourth-order valence-electron chi connectivity index (χ4n) is 1.97. The van der Waals surface area contributed by atoms with Crippen LogP contribution in [-0.2, 0) is 0 Å². The van der Waals surface area contributed by atoms with Crippen LogP contribution in [0.2, 0.25) is 0 Å². The minimum Gasteiger partial charge on any atom is -0.324 e. The zero-order chi connectivity index (χ0) is 9.97. The van der Waals surface area contributed by atoms with E-state index >= 15 is 0 Å². The van der Waals surface area contributed by atoms with Crippen LogP contribution < -0.4 is 5.73 Å². The highest BCUT2D eigenvalue weighted by atomic mass is 32.1. The van der Waals surface area contributed by atoms with E-state index < -0.39 is 0 Å². The second-order valence-corrected chi connectivity index (χ2v) is 5.16. The minimum absolute atomic E-state index is 0.271. The molecule has 1 atom stereocenters. The quantitative estimate of drug-likeness (QED) is 0.751. The highest BCUT2D eigenvalue weighted by Gasteiger charge is 2.10. The van der Waals surface area contributed by atoms with Gasteiger partial charge in [-0.05, 0) is 48.8 Å². The first-order valence-electron chi connectivity index (χ1n) is 5.27. The fourth-order valence-corrected chi connectivity index (χ4v) is 2.70. The summed E-state index contributed by atoms with van der Waals surface area (Å²) in [6.45, 7) is 2.16. The van der Waals surface area contributed by atoms with Gasteiger partial charge in [0.1, 0.15) is 0 Å². The zero-order valence-corrected chi connectivity index (χ0v) is 9.44. The van der Waals surface area contributed by atoms with Gasteiger partial charge >= 0.3 is 0 Å². The van der Waals surface area contributed by atoms with Crippen LogP contribution in [0.4, 0.5) is 0 Å². The lowest BCUT2D eigenvalue weighted by molar-refractivity contribution is 0.658. The standard InChI is InChI=1S/C12H17NS/c1-9-6-11(8-14-9)10-4-2-3-5-12(13)7-10/h6-8,12H,2-5,13H2,1H3. The number of hydrogen-bond acceptors (Lipinski definition) is 2. The molecule has 2 heteroatoms. The maximum absolute atomic E-state index is 6.00. The van der Waals surface area contributed by atoms with Crippen LogP contribution in [-0.4, -0.2) is 6.04 Å². The van der Waals surface area contributed by atoms with Gasteiger partial charge in [-0.25, -0.2) is 0 Å². The summed E-state index contributed by atoms with van der Waals surface area (Å²) in [5, 5.41) is 2.25. The fraction of sp³-hybridized carbons (Fsp3) is 0.500. The van der Waals surface area contributed by atoms with Gasteiger partial charge in [-0.3, -0.25) is 0 Å². The molecule has 1 nitrogen and oxygen atoms in total. The average Bonchev–Trinajstić information content (AvgIpc) is 2.45. The smallest absolute Gasteiger partial charge is 0.0229 e. The van der Waals surface area contributed by atoms with Gasteiger partial charge < -0.3 is 5.73 Å². The SMILES string of the molecule is Cc1cc(C2=CC(N)CCCC2)cs1. The molecule has 0 bridgehead atoms. The van der Waals surface area contributed by atoms with Crippen LogP contribution >= 0.6 is 11.3 Å². The molecule has 2 rings (SSSR count). The average molecular weight is 207 g/mol. The van der Waals surface area contributed by atoms with E-state index in [1.165, 1.54) is 35.3 Å². The van der Waals surface area contributed by atoms with E-state index in [9.17, 15) is 0 Å². The molecule has 1 aliphatic carbocycles. The van der Waals surface area contributed by atoms with Crippen molar-refractivity contribution in [2.45, 2.75) is 38.6 Å². The highest BCUT2D eigenvalue weighted by Crippen LogP contribution is 2.28.